The molecule has 4 rings (SSSR count). The quantitative estimate of drug-likeness (QED) is 0.119. The molecule has 0 radical (unpaired) electrons. The molecule has 3 N–H and O–H groups in total. The van der Waals surface area contributed by atoms with Crippen molar-refractivity contribution in [1.82, 2.24) is 0 Å². The topological polar surface area (TPSA) is 149 Å². The maximum Gasteiger partial charge on any atom is 0.339 e. The van der Waals surface area contributed by atoms with Gasteiger partial charge in [0.2, 0.25) is 12.6 Å². The molecule has 10 nitrogen and oxygen atoms in total. The number of esters is 1. The van der Waals surface area contributed by atoms with E-state index in [2.05, 4.69) is 44.4 Å². The molecule has 2 aliphatic heterocycles. The Bertz CT molecular complexity index is 1440. The molecule has 49 heavy (non-hydrogen) atoms. The average Bonchev–Trinajstić information content (AvgIpc) is 3.35. The van der Waals surface area contributed by atoms with Crippen LogP contribution < -0.4 is 0 Å². The molecule has 2 fully saturated rings. The fourth-order valence-electron chi connectivity index (χ4n) is 4.65. The minimum atomic E-state index is -4.29. The molecule has 0 saturated carbocycles. The number of aliphatic hydroxyl groups is 3. The van der Waals surface area contributed by atoms with Gasteiger partial charge in [-0.1, -0.05) is 65.9 Å². The van der Waals surface area contributed by atoms with Crippen LogP contribution in [-0.4, -0.2) is 85.2 Å². The molecule has 0 aromatic heterocycles. The van der Waals surface area contributed by atoms with Gasteiger partial charge in [-0.25, -0.2) is 4.79 Å². The third-order valence-electron chi connectivity index (χ3n) is 6.94. The monoisotopic (exact) mass is 862 g/mol. The van der Waals surface area contributed by atoms with Gasteiger partial charge in [-0.05, 0) is 73.4 Å². The second kappa shape index (κ2) is 22.1. The molecule has 0 bridgehead atoms. The van der Waals surface area contributed by atoms with E-state index in [1.54, 1.807) is 52.0 Å². The van der Waals surface area contributed by atoms with E-state index in [0.29, 0.717) is 11.1 Å². The zero-order valence-electron chi connectivity index (χ0n) is 26.8. The predicted molar refractivity (Wildman–Crippen MR) is 173 cm³/mol. The van der Waals surface area contributed by atoms with Crippen LogP contribution in [0.15, 0.2) is 41.3 Å². The molecule has 0 aliphatic carbocycles. The Kier molecular flexibility index (Phi) is 23.0. The summed E-state index contributed by atoms with van der Waals surface area (Å²) in [6, 6.07) is 9.13. The van der Waals surface area contributed by atoms with E-state index in [0.717, 1.165) is 11.1 Å². The first kappa shape index (κ1) is 50.9. The number of hydrogen-bond acceptors (Lipinski definition) is 12. The van der Waals surface area contributed by atoms with Gasteiger partial charge in [-0.3, -0.25) is 4.18 Å². The first-order chi connectivity index (χ1) is 21.8. The normalized spacial score (nSPS) is 24.6. The van der Waals surface area contributed by atoms with Crippen molar-refractivity contribution in [2.45, 2.75) is 94.8 Å². The first-order valence-corrected chi connectivity index (χ1v) is 18.3. The first-order valence-electron chi connectivity index (χ1n) is 13.6. The van der Waals surface area contributed by atoms with E-state index in [1.807, 2.05) is 6.92 Å². The Morgan fingerprint density at radius 1 is 0.837 bits per heavy atom. The molecule has 2 unspecified atom stereocenters. The van der Waals surface area contributed by atoms with E-state index in [1.165, 1.54) is 12.1 Å². The van der Waals surface area contributed by atoms with E-state index < -0.39 is 71.5 Å². The number of aliphatic hydroxyl groups excluding tert-OH is 3. The van der Waals surface area contributed by atoms with E-state index in [-0.39, 0.29) is 60.3 Å². The summed E-state index contributed by atoms with van der Waals surface area (Å²) in [5, 5.41) is 27.1. The van der Waals surface area contributed by atoms with Gasteiger partial charge in [-0.15, -0.1) is 0 Å². The van der Waals surface area contributed by atoms with Crippen LogP contribution in [-0.2, 0) is 95.6 Å². The van der Waals surface area contributed by atoms with Gasteiger partial charge in [-0.2, -0.15) is 26.0 Å². The third-order valence-corrected chi connectivity index (χ3v) is 8.24. The standard InChI is InChI=1S/C22H24F2O7S.C6H10F2O3.2HPS.2Ti/c1-12-5-7-16(8-6-12)32(27,28)29-11-17-19(22(23,24)21(26)30-17)31-20(25)18-14(3)9-13(2)10-15(18)4;1-2-3-4(9)6(7,8)5(10)11-3;2*1-2;;/h5-10,17,19,21,26H,11H2,1-4H3;3-5,9-10H,2H2,1H3;2*1H;;/t17-,19-,21?;3-,4-,5?;;;;/m11..../s1. The molecule has 2 aliphatic rings. The van der Waals surface area contributed by atoms with Crippen molar-refractivity contribution in [2.24, 2.45) is 0 Å². The summed E-state index contributed by atoms with van der Waals surface area (Å²) in [6.45, 7) is 7.59. The van der Waals surface area contributed by atoms with Crippen LogP contribution in [0.4, 0.5) is 17.6 Å². The Morgan fingerprint density at radius 3 is 1.69 bits per heavy atom. The van der Waals surface area contributed by atoms with E-state index in [4.69, 9.17) is 23.9 Å². The zero-order valence-corrected chi connectivity index (χ0v) is 34.4. The number of benzene rings is 2. The summed E-state index contributed by atoms with van der Waals surface area (Å²) >= 11 is 7.78. The van der Waals surface area contributed by atoms with Crippen LogP contribution in [0.2, 0.25) is 0 Å². The molecule has 21 heteroatoms. The number of aryl methyl sites for hydroxylation is 4. The van der Waals surface area contributed by atoms with Gasteiger partial charge in [0.15, 0.2) is 6.10 Å². The smallest absolute Gasteiger partial charge is 0.339 e. The van der Waals surface area contributed by atoms with Gasteiger partial charge in [0.1, 0.15) is 12.2 Å². The van der Waals surface area contributed by atoms with Gasteiger partial charge in [0.25, 0.3) is 10.1 Å². The van der Waals surface area contributed by atoms with Crippen molar-refractivity contribution in [3.05, 3.63) is 64.2 Å². The molecule has 2 aromatic rings. The van der Waals surface area contributed by atoms with Gasteiger partial charge in [0.05, 0.1) is 23.2 Å². The molecule has 6 atom stereocenters. The molecule has 2 aromatic carbocycles. The van der Waals surface area contributed by atoms with Crippen LogP contribution in [0, 0.1) is 27.7 Å². The molecular weight excluding hydrogens is 826 g/mol. The van der Waals surface area contributed by atoms with Crippen LogP contribution in [0.5, 0.6) is 0 Å². The third kappa shape index (κ3) is 13.0. The Labute approximate surface area is 327 Å². The van der Waals surface area contributed by atoms with E-state index >= 15 is 0 Å². The van der Waals surface area contributed by atoms with Crippen LogP contribution in [0.3, 0.4) is 0 Å². The fraction of sp³-hybridized carbons (Fsp3) is 0.536. The maximum absolute atomic E-state index is 14.5. The van der Waals surface area contributed by atoms with Gasteiger partial charge in [0, 0.05) is 43.4 Å². The van der Waals surface area contributed by atoms with Crippen molar-refractivity contribution < 1.29 is 108 Å². The summed E-state index contributed by atoms with van der Waals surface area (Å²) < 4.78 is 98.0. The molecule has 272 valence electrons. The number of ether oxygens (including phenoxy) is 3. The number of alkyl halides is 4. The average molecular weight is 862 g/mol. The second-order valence-electron chi connectivity index (χ2n) is 10.4. The summed E-state index contributed by atoms with van der Waals surface area (Å²) in [6.07, 6.45) is -11.3. The summed E-state index contributed by atoms with van der Waals surface area (Å²) in [4.78, 5) is 12.5. The van der Waals surface area contributed by atoms with Gasteiger partial charge >= 0.3 is 17.8 Å². The zero-order chi connectivity index (χ0) is 36.5. The molecule has 0 amide bonds. The molecule has 2 heterocycles. The van der Waals surface area contributed by atoms with Crippen molar-refractivity contribution >= 4 is 55.7 Å². The minimum Gasteiger partial charge on any atom is -0.449 e. The predicted octanol–water partition coefficient (Wildman–Crippen LogP) is 4.49. The summed E-state index contributed by atoms with van der Waals surface area (Å²) in [7, 11) is 0.823. The van der Waals surface area contributed by atoms with Gasteiger partial charge < -0.3 is 29.5 Å². The van der Waals surface area contributed by atoms with Crippen molar-refractivity contribution in [2.75, 3.05) is 6.61 Å². The Morgan fingerprint density at radius 2 is 1.29 bits per heavy atom. The Balaban J connectivity index is 0. The van der Waals surface area contributed by atoms with Crippen molar-refractivity contribution in [3.8, 4) is 0 Å². The fourth-order valence-corrected chi connectivity index (χ4v) is 5.57. The summed E-state index contributed by atoms with van der Waals surface area (Å²) in [5.74, 6) is -8.53. The van der Waals surface area contributed by atoms with Crippen LogP contribution >= 0.6 is 16.0 Å². The molecule has 0 spiro atoms. The van der Waals surface area contributed by atoms with Crippen LogP contribution in [0.1, 0.15) is 46.0 Å². The van der Waals surface area contributed by atoms with Crippen LogP contribution in [0.25, 0.3) is 0 Å². The summed E-state index contributed by atoms with van der Waals surface area (Å²) in [5.41, 5.74) is 2.88. The number of carbonyl (C=O) groups excluding carboxylic acids is 1. The number of halogens is 4. The second-order valence-corrected chi connectivity index (χ2v) is 12.0. The van der Waals surface area contributed by atoms with Crippen molar-refractivity contribution in [1.29, 1.82) is 0 Å². The van der Waals surface area contributed by atoms with E-state index in [9.17, 15) is 35.9 Å². The number of hydrogen-bond donors (Lipinski definition) is 3. The largest absolute Gasteiger partial charge is 0.449 e. The molecular formula is C28H36F4O10P2S3Ti2. The van der Waals surface area contributed by atoms with Crippen molar-refractivity contribution in [3.63, 3.8) is 0 Å². The molecule has 2 saturated heterocycles. The maximum atomic E-state index is 14.5. The SMILES string of the molecule is CC[C@H]1OC(O)C(F)(F)[C@@H]1O.Cc1ccc(S(=O)(=O)OC[C@H]2OC(O)C(F)(F)[C@@H]2OC(=O)c2c(C)cc(C)cc2C)cc1.P=S.P=S.[Ti].[Ti]. The Hall–Kier alpha value is -0.191. The minimum absolute atomic E-state index is 0. The number of carbonyl (C=O) groups is 1. The number of rotatable bonds is 7.